The molecule has 1 rings (SSSR count). The van der Waals surface area contributed by atoms with E-state index >= 15 is 0 Å². The summed E-state index contributed by atoms with van der Waals surface area (Å²) in [6.45, 7) is 1.94. The smallest absolute Gasteiger partial charge is 0.373 e. The van der Waals surface area contributed by atoms with Gasteiger partial charge in [0.15, 0.2) is 0 Å². The van der Waals surface area contributed by atoms with Crippen LogP contribution in [-0.4, -0.2) is 65.8 Å². The summed E-state index contributed by atoms with van der Waals surface area (Å²) in [6, 6.07) is 0. The Bertz CT molecular complexity index is 270. The topological polar surface area (TPSA) is 43.8 Å². The number of piperazine rings is 1. The highest BCUT2D eigenvalue weighted by molar-refractivity contribution is 5.85. The summed E-state index contributed by atoms with van der Waals surface area (Å²) < 4.78 is 37.2. The number of hydrogen-bond donors (Lipinski definition) is 1. The van der Waals surface area contributed by atoms with Crippen molar-refractivity contribution < 1.29 is 23.1 Å². The summed E-state index contributed by atoms with van der Waals surface area (Å²) in [5.41, 5.74) is -3.29. The van der Waals surface area contributed by atoms with Crippen LogP contribution in [0, 0.1) is 0 Å². The van der Waals surface area contributed by atoms with E-state index in [2.05, 4.69) is 0 Å². The molecule has 1 atom stereocenters. The number of carbonyl (C=O) groups is 1. The highest BCUT2D eigenvalue weighted by Crippen LogP contribution is 2.31. The minimum absolute atomic E-state index is 0.210. The quantitative estimate of drug-likeness (QED) is 0.705. The Morgan fingerprint density at radius 3 is 2.00 bits per heavy atom. The van der Waals surface area contributed by atoms with Crippen molar-refractivity contribution in [1.29, 1.82) is 0 Å². The number of halogens is 3. The maximum Gasteiger partial charge on any atom is 0.426 e. The lowest BCUT2D eigenvalue weighted by Gasteiger charge is -2.37. The number of hydrogen-bond acceptors (Lipinski definition) is 3. The highest BCUT2D eigenvalue weighted by atomic mass is 19.4. The molecule has 16 heavy (non-hydrogen) atoms. The lowest BCUT2D eigenvalue weighted by Crippen LogP contribution is -2.59. The molecule has 94 valence electrons. The number of carbonyl (C=O) groups excluding carboxylic acids is 1. The molecule has 1 amide bonds. The van der Waals surface area contributed by atoms with Crippen LogP contribution in [0.3, 0.4) is 0 Å². The molecule has 1 N–H and O–H groups in total. The Balaban J connectivity index is 2.71. The normalized spacial score (nSPS) is 23.0. The van der Waals surface area contributed by atoms with Gasteiger partial charge in [-0.2, -0.15) is 13.2 Å². The van der Waals surface area contributed by atoms with Gasteiger partial charge in [0.05, 0.1) is 0 Å². The first-order valence-corrected chi connectivity index (χ1v) is 4.93. The predicted octanol–water partition coefficient (Wildman–Crippen LogP) is 0.0737. The van der Waals surface area contributed by atoms with Gasteiger partial charge in [0, 0.05) is 26.2 Å². The maximum atomic E-state index is 12.4. The molecule has 0 saturated carbocycles. The summed E-state index contributed by atoms with van der Waals surface area (Å²) in [6.07, 6.45) is -4.94. The maximum absolute atomic E-state index is 12.4. The van der Waals surface area contributed by atoms with Gasteiger partial charge in [-0.3, -0.25) is 4.79 Å². The molecule has 0 aliphatic carbocycles. The van der Waals surface area contributed by atoms with Gasteiger partial charge < -0.3 is 14.9 Å². The van der Waals surface area contributed by atoms with Crippen molar-refractivity contribution in [2.24, 2.45) is 0 Å². The van der Waals surface area contributed by atoms with Crippen LogP contribution in [0.4, 0.5) is 13.2 Å². The predicted molar refractivity (Wildman–Crippen MR) is 50.8 cm³/mol. The first-order chi connectivity index (χ1) is 7.16. The van der Waals surface area contributed by atoms with Gasteiger partial charge in [-0.15, -0.1) is 0 Å². The van der Waals surface area contributed by atoms with E-state index in [9.17, 15) is 23.1 Å². The fourth-order valence-electron chi connectivity index (χ4n) is 1.44. The van der Waals surface area contributed by atoms with E-state index in [0.717, 1.165) is 4.90 Å². The summed E-state index contributed by atoms with van der Waals surface area (Å²) in [4.78, 5) is 14.5. The average molecular weight is 240 g/mol. The van der Waals surface area contributed by atoms with Crippen LogP contribution in [0.5, 0.6) is 0 Å². The van der Waals surface area contributed by atoms with Gasteiger partial charge >= 0.3 is 6.18 Å². The molecule has 0 bridgehead atoms. The van der Waals surface area contributed by atoms with Gasteiger partial charge in [-0.05, 0) is 14.0 Å². The number of alkyl halides is 3. The fraction of sp³-hybridized carbons (Fsp3) is 0.889. The molecule has 1 unspecified atom stereocenters. The third-order valence-electron chi connectivity index (χ3n) is 2.76. The summed E-state index contributed by atoms with van der Waals surface area (Å²) >= 11 is 0. The molecule has 0 aromatic heterocycles. The van der Waals surface area contributed by atoms with Crippen molar-refractivity contribution in [3.63, 3.8) is 0 Å². The summed E-state index contributed by atoms with van der Waals surface area (Å²) in [7, 11) is 1.82. The number of nitrogens with zero attached hydrogens (tertiary/aromatic N) is 2. The van der Waals surface area contributed by atoms with Crippen LogP contribution < -0.4 is 0 Å². The zero-order chi connectivity index (χ0) is 12.6. The molecule has 1 saturated heterocycles. The van der Waals surface area contributed by atoms with E-state index in [4.69, 9.17) is 0 Å². The Kier molecular flexibility index (Phi) is 3.49. The minimum atomic E-state index is -4.94. The number of amides is 1. The number of rotatable bonds is 1. The molecule has 0 aromatic rings. The van der Waals surface area contributed by atoms with E-state index < -0.39 is 17.7 Å². The fourth-order valence-corrected chi connectivity index (χ4v) is 1.44. The Morgan fingerprint density at radius 2 is 1.62 bits per heavy atom. The zero-order valence-corrected chi connectivity index (χ0v) is 9.21. The van der Waals surface area contributed by atoms with E-state index in [1.165, 1.54) is 0 Å². The van der Waals surface area contributed by atoms with Crippen molar-refractivity contribution in [2.45, 2.75) is 18.7 Å². The van der Waals surface area contributed by atoms with Gasteiger partial charge in [0.2, 0.25) is 5.60 Å². The molecule has 1 fully saturated rings. The second kappa shape index (κ2) is 4.21. The highest BCUT2D eigenvalue weighted by Gasteiger charge is 2.57. The van der Waals surface area contributed by atoms with Crippen molar-refractivity contribution in [1.82, 2.24) is 9.80 Å². The SMILES string of the molecule is CN1CCN(C(=O)C(C)(O)C(F)(F)F)CC1. The summed E-state index contributed by atoms with van der Waals surface area (Å²) in [5, 5.41) is 9.21. The molecule has 7 heteroatoms. The second-order valence-electron chi connectivity index (χ2n) is 4.17. The van der Waals surface area contributed by atoms with Crippen LogP contribution >= 0.6 is 0 Å². The van der Waals surface area contributed by atoms with Crippen molar-refractivity contribution in [2.75, 3.05) is 33.2 Å². The Morgan fingerprint density at radius 1 is 1.19 bits per heavy atom. The molecule has 4 nitrogen and oxygen atoms in total. The van der Waals surface area contributed by atoms with Gasteiger partial charge in [0.25, 0.3) is 5.91 Å². The second-order valence-corrected chi connectivity index (χ2v) is 4.17. The van der Waals surface area contributed by atoms with Crippen molar-refractivity contribution in [3.05, 3.63) is 0 Å². The largest absolute Gasteiger partial charge is 0.426 e. The third-order valence-corrected chi connectivity index (χ3v) is 2.76. The standard InChI is InChI=1S/C9H15F3N2O2/c1-8(16,9(10,11)12)7(15)14-5-3-13(2)4-6-14/h16H,3-6H2,1-2H3. The van der Waals surface area contributed by atoms with E-state index in [1.807, 2.05) is 11.9 Å². The molecule has 0 radical (unpaired) electrons. The molecule has 1 aliphatic heterocycles. The Labute approximate surface area is 91.6 Å². The lowest BCUT2D eigenvalue weighted by molar-refractivity contribution is -0.250. The van der Waals surface area contributed by atoms with Crippen LogP contribution in [0.15, 0.2) is 0 Å². The molecule has 1 aliphatic rings. The number of aliphatic hydroxyl groups is 1. The van der Waals surface area contributed by atoms with E-state index in [-0.39, 0.29) is 13.1 Å². The van der Waals surface area contributed by atoms with Crippen molar-refractivity contribution >= 4 is 5.91 Å². The van der Waals surface area contributed by atoms with Crippen LogP contribution in [0.25, 0.3) is 0 Å². The van der Waals surface area contributed by atoms with Crippen LogP contribution in [0.2, 0.25) is 0 Å². The summed E-state index contributed by atoms with van der Waals surface area (Å²) in [5.74, 6) is -1.27. The zero-order valence-electron chi connectivity index (χ0n) is 9.21. The van der Waals surface area contributed by atoms with Crippen molar-refractivity contribution in [3.8, 4) is 0 Å². The van der Waals surface area contributed by atoms with Crippen LogP contribution in [-0.2, 0) is 4.79 Å². The molecular formula is C9H15F3N2O2. The van der Waals surface area contributed by atoms with Crippen LogP contribution in [0.1, 0.15) is 6.92 Å². The molecule has 1 heterocycles. The average Bonchev–Trinajstić information content (AvgIpc) is 2.16. The third kappa shape index (κ3) is 2.46. The van der Waals surface area contributed by atoms with Gasteiger partial charge in [0.1, 0.15) is 0 Å². The first kappa shape index (κ1) is 13.2. The molecule has 0 spiro atoms. The first-order valence-electron chi connectivity index (χ1n) is 4.93. The van der Waals surface area contributed by atoms with E-state index in [1.54, 1.807) is 0 Å². The number of likely N-dealkylation sites (N-methyl/N-ethyl adjacent to an activating group) is 1. The lowest BCUT2D eigenvalue weighted by atomic mass is 10.0. The van der Waals surface area contributed by atoms with Gasteiger partial charge in [-0.25, -0.2) is 0 Å². The van der Waals surface area contributed by atoms with E-state index in [0.29, 0.717) is 20.0 Å². The minimum Gasteiger partial charge on any atom is -0.373 e. The monoisotopic (exact) mass is 240 g/mol. The Hall–Kier alpha value is -0.820. The molecular weight excluding hydrogens is 225 g/mol. The van der Waals surface area contributed by atoms with Gasteiger partial charge in [-0.1, -0.05) is 0 Å². The molecule has 0 aromatic carbocycles.